The first kappa shape index (κ1) is 11.8. The van der Waals surface area contributed by atoms with Gasteiger partial charge in [-0.15, -0.1) is 0 Å². The molecule has 82 valence electrons. The van der Waals surface area contributed by atoms with Gasteiger partial charge < -0.3 is 9.84 Å². The molecule has 0 saturated heterocycles. The Labute approximate surface area is 91.2 Å². The summed E-state index contributed by atoms with van der Waals surface area (Å²) in [5.74, 6) is 0.865. The topological polar surface area (TPSA) is 29.5 Å². The Bertz CT molecular complexity index is 340. The Morgan fingerprint density at radius 3 is 2.87 bits per heavy atom. The monoisotopic (exact) mass is 206 g/mol. The van der Waals surface area contributed by atoms with Crippen LogP contribution in [-0.4, -0.2) is 17.8 Å². The minimum absolute atomic E-state index is 0.402. The predicted molar refractivity (Wildman–Crippen MR) is 62.9 cm³/mol. The van der Waals surface area contributed by atoms with E-state index in [9.17, 15) is 5.11 Å². The summed E-state index contributed by atoms with van der Waals surface area (Å²) in [6, 6.07) is 7.84. The molecule has 0 saturated carbocycles. The van der Waals surface area contributed by atoms with Crippen LogP contribution in [0.15, 0.2) is 29.8 Å². The molecule has 0 aliphatic heterocycles. The second kappa shape index (κ2) is 5.56. The highest BCUT2D eigenvalue weighted by molar-refractivity contribution is 5.55. The lowest BCUT2D eigenvalue weighted by Gasteiger charge is -2.06. The molecule has 0 bridgehead atoms. The molecule has 0 aliphatic rings. The van der Waals surface area contributed by atoms with Crippen molar-refractivity contribution >= 4 is 6.08 Å². The average Bonchev–Trinajstić information content (AvgIpc) is 2.18. The van der Waals surface area contributed by atoms with Gasteiger partial charge in [-0.2, -0.15) is 0 Å². The summed E-state index contributed by atoms with van der Waals surface area (Å²) in [4.78, 5) is 0. The highest BCUT2D eigenvalue weighted by Crippen LogP contribution is 2.16. The van der Waals surface area contributed by atoms with Crippen molar-refractivity contribution in [1.29, 1.82) is 0 Å². The summed E-state index contributed by atoms with van der Waals surface area (Å²) in [5.41, 5.74) is 2.00. The van der Waals surface area contributed by atoms with Crippen molar-refractivity contribution in [2.45, 2.75) is 26.9 Å². The van der Waals surface area contributed by atoms with Gasteiger partial charge in [0.2, 0.25) is 0 Å². The number of aliphatic hydroxyl groups excluding tert-OH is 1. The number of ether oxygens (including phenoxy) is 1. The van der Waals surface area contributed by atoms with Crippen LogP contribution in [0.2, 0.25) is 0 Å². The fraction of sp³-hybridized carbons (Fsp3) is 0.385. The van der Waals surface area contributed by atoms with Crippen LogP contribution in [0.1, 0.15) is 26.3 Å². The van der Waals surface area contributed by atoms with Gasteiger partial charge in [-0.3, -0.25) is 0 Å². The van der Waals surface area contributed by atoms with E-state index in [-0.39, 0.29) is 0 Å². The van der Waals surface area contributed by atoms with Crippen LogP contribution in [-0.2, 0) is 0 Å². The standard InChI is InChI=1S/C13H18O2/c1-4-15-13-7-5-6-12(9-13)8-10(2)11(3)14/h5-9,11,14H,4H2,1-3H3/b10-8-. The van der Waals surface area contributed by atoms with Gasteiger partial charge in [-0.25, -0.2) is 0 Å². The maximum atomic E-state index is 9.36. The molecule has 2 nitrogen and oxygen atoms in total. The minimum atomic E-state index is -0.402. The van der Waals surface area contributed by atoms with Gasteiger partial charge >= 0.3 is 0 Å². The second-order valence-electron chi connectivity index (χ2n) is 3.57. The van der Waals surface area contributed by atoms with Gasteiger partial charge in [0.1, 0.15) is 5.75 Å². The van der Waals surface area contributed by atoms with E-state index in [0.717, 1.165) is 16.9 Å². The first-order valence-electron chi connectivity index (χ1n) is 5.22. The van der Waals surface area contributed by atoms with Gasteiger partial charge in [0, 0.05) is 0 Å². The third-order valence-electron chi connectivity index (χ3n) is 2.22. The molecular weight excluding hydrogens is 188 g/mol. The molecule has 2 heteroatoms. The first-order chi connectivity index (χ1) is 7.13. The zero-order valence-corrected chi connectivity index (χ0v) is 9.53. The molecule has 1 aromatic rings. The van der Waals surface area contributed by atoms with Crippen LogP contribution in [0.4, 0.5) is 0 Å². The molecule has 0 fully saturated rings. The lowest BCUT2D eigenvalue weighted by atomic mass is 10.1. The Morgan fingerprint density at radius 2 is 2.27 bits per heavy atom. The second-order valence-corrected chi connectivity index (χ2v) is 3.57. The third-order valence-corrected chi connectivity index (χ3v) is 2.22. The number of benzene rings is 1. The highest BCUT2D eigenvalue weighted by Gasteiger charge is 1.99. The maximum absolute atomic E-state index is 9.36. The maximum Gasteiger partial charge on any atom is 0.119 e. The van der Waals surface area contributed by atoms with Crippen LogP contribution in [0.3, 0.4) is 0 Å². The van der Waals surface area contributed by atoms with Gasteiger partial charge in [-0.05, 0) is 44.0 Å². The molecule has 1 unspecified atom stereocenters. The molecule has 0 aliphatic carbocycles. The number of aliphatic hydroxyl groups is 1. The zero-order chi connectivity index (χ0) is 11.3. The summed E-state index contributed by atoms with van der Waals surface area (Å²) in [5, 5.41) is 9.36. The molecule has 0 spiro atoms. The fourth-order valence-corrected chi connectivity index (χ4v) is 1.24. The van der Waals surface area contributed by atoms with Gasteiger partial charge in [-0.1, -0.05) is 18.2 Å². The minimum Gasteiger partial charge on any atom is -0.494 e. The van der Waals surface area contributed by atoms with Crippen molar-refractivity contribution in [3.05, 3.63) is 35.4 Å². The molecule has 0 heterocycles. The molecule has 1 atom stereocenters. The summed E-state index contributed by atoms with van der Waals surface area (Å²) >= 11 is 0. The highest BCUT2D eigenvalue weighted by atomic mass is 16.5. The smallest absolute Gasteiger partial charge is 0.119 e. The molecule has 0 aromatic heterocycles. The predicted octanol–water partition coefficient (Wildman–Crippen LogP) is 2.87. The van der Waals surface area contributed by atoms with E-state index in [1.807, 2.05) is 44.2 Å². The van der Waals surface area contributed by atoms with E-state index < -0.39 is 6.10 Å². The van der Waals surface area contributed by atoms with E-state index in [4.69, 9.17) is 4.74 Å². The first-order valence-corrected chi connectivity index (χ1v) is 5.22. The lowest BCUT2D eigenvalue weighted by Crippen LogP contribution is -2.00. The van der Waals surface area contributed by atoms with Crippen LogP contribution in [0.25, 0.3) is 6.08 Å². The number of rotatable bonds is 4. The Morgan fingerprint density at radius 1 is 1.53 bits per heavy atom. The van der Waals surface area contributed by atoms with Crippen molar-refractivity contribution in [3.8, 4) is 5.75 Å². The molecule has 0 amide bonds. The Hall–Kier alpha value is -1.28. The molecule has 1 rings (SSSR count). The number of hydrogen-bond acceptors (Lipinski definition) is 2. The normalized spacial score (nSPS) is 13.7. The van der Waals surface area contributed by atoms with Gasteiger partial charge in [0.15, 0.2) is 0 Å². The third kappa shape index (κ3) is 3.76. The largest absolute Gasteiger partial charge is 0.494 e. The molecule has 1 N–H and O–H groups in total. The van der Waals surface area contributed by atoms with Crippen molar-refractivity contribution in [3.63, 3.8) is 0 Å². The van der Waals surface area contributed by atoms with Gasteiger partial charge in [0.25, 0.3) is 0 Å². The van der Waals surface area contributed by atoms with Crippen LogP contribution < -0.4 is 4.74 Å². The van der Waals surface area contributed by atoms with E-state index in [0.29, 0.717) is 6.61 Å². The van der Waals surface area contributed by atoms with Crippen molar-refractivity contribution < 1.29 is 9.84 Å². The average molecular weight is 206 g/mol. The Kier molecular flexibility index (Phi) is 4.37. The summed E-state index contributed by atoms with van der Waals surface area (Å²) in [6.45, 7) is 6.31. The van der Waals surface area contributed by atoms with Crippen molar-refractivity contribution in [2.24, 2.45) is 0 Å². The van der Waals surface area contributed by atoms with Crippen LogP contribution >= 0.6 is 0 Å². The van der Waals surface area contributed by atoms with E-state index in [1.165, 1.54) is 0 Å². The summed E-state index contributed by atoms with van der Waals surface area (Å²) < 4.78 is 5.40. The molecule has 15 heavy (non-hydrogen) atoms. The fourth-order valence-electron chi connectivity index (χ4n) is 1.24. The van der Waals surface area contributed by atoms with Gasteiger partial charge in [0.05, 0.1) is 12.7 Å². The van der Waals surface area contributed by atoms with E-state index in [1.54, 1.807) is 6.92 Å². The molecular formula is C13H18O2. The zero-order valence-electron chi connectivity index (χ0n) is 9.53. The quantitative estimate of drug-likeness (QED) is 0.820. The molecule has 0 radical (unpaired) electrons. The summed E-state index contributed by atoms with van der Waals surface area (Å²) in [6.07, 6.45) is 1.56. The number of hydrogen-bond donors (Lipinski definition) is 1. The van der Waals surface area contributed by atoms with E-state index >= 15 is 0 Å². The van der Waals surface area contributed by atoms with E-state index in [2.05, 4.69) is 0 Å². The molecule has 1 aromatic carbocycles. The van der Waals surface area contributed by atoms with Crippen molar-refractivity contribution in [1.82, 2.24) is 0 Å². The SMILES string of the molecule is CCOc1cccc(/C=C(/C)C(C)O)c1. The lowest BCUT2D eigenvalue weighted by molar-refractivity contribution is 0.232. The van der Waals surface area contributed by atoms with Crippen LogP contribution in [0.5, 0.6) is 5.75 Å². The summed E-state index contributed by atoms with van der Waals surface area (Å²) in [7, 11) is 0. The van der Waals surface area contributed by atoms with Crippen molar-refractivity contribution in [2.75, 3.05) is 6.61 Å². The Balaban J connectivity index is 2.86. The van der Waals surface area contributed by atoms with Crippen LogP contribution in [0, 0.1) is 0 Å².